The van der Waals surface area contributed by atoms with Gasteiger partial charge in [0.25, 0.3) is 0 Å². The number of anilines is 1. The summed E-state index contributed by atoms with van der Waals surface area (Å²) in [7, 11) is 1.91. The Morgan fingerprint density at radius 1 is 1.35 bits per heavy atom. The minimum Gasteiger partial charge on any atom is -0.323 e. The highest BCUT2D eigenvalue weighted by atomic mass is 79.9. The predicted octanol–water partition coefficient (Wildman–Crippen LogP) is 4.21. The zero-order valence-corrected chi connectivity index (χ0v) is 14.6. The number of nitrogens with zero attached hydrogens (tertiary/aromatic N) is 2. The van der Waals surface area contributed by atoms with Crippen LogP contribution in [0.15, 0.2) is 52.1 Å². The zero-order chi connectivity index (χ0) is 16.4. The molecule has 0 unspecified atom stereocenters. The molecular formula is C16H13BrFN3OS. The van der Waals surface area contributed by atoms with Gasteiger partial charge in [0, 0.05) is 11.5 Å². The third-order valence-corrected chi connectivity index (χ3v) is 4.81. The van der Waals surface area contributed by atoms with E-state index in [0.29, 0.717) is 4.47 Å². The van der Waals surface area contributed by atoms with Crippen molar-refractivity contribution in [3.63, 3.8) is 0 Å². The standard InChI is InChI=1S/C16H13BrFN3OS/c1-21-14-5-3-2-4-13(14)20-16(21)23-9-15(22)19-12-7-6-10(17)8-11(12)18/h2-8H,9H2,1H3,(H,19,22). The van der Waals surface area contributed by atoms with Crippen LogP contribution in [0.1, 0.15) is 0 Å². The van der Waals surface area contributed by atoms with Gasteiger partial charge in [0.15, 0.2) is 5.16 Å². The Bertz CT molecular complexity index is 881. The highest BCUT2D eigenvalue weighted by molar-refractivity contribution is 9.10. The van der Waals surface area contributed by atoms with Crippen LogP contribution in [0.2, 0.25) is 0 Å². The number of halogens is 2. The normalized spacial score (nSPS) is 10.9. The van der Waals surface area contributed by atoms with Crippen LogP contribution in [0.3, 0.4) is 0 Å². The Morgan fingerprint density at radius 2 is 2.13 bits per heavy atom. The van der Waals surface area contributed by atoms with Crippen LogP contribution in [-0.2, 0) is 11.8 Å². The molecule has 1 heterocycles. The first-order valence-electron chi connectivity index (χ1n) is 6.84. The molecule has 0 saturated carbocycles. The lowest BCUT2D eigenvalue weighted by Gasteiger charge is -2.06. The van der Waals surface area contributed by atoms with Crippen molar-refractivity contribution in [1.82, 2.24) is 9.55 Å². The average molecular weight is 394 g/mol. The number of benzene rings is 2. The molecule has 0 bridgehead atoms. The van der Waals surface area contributed by atoms with Crippen LogP contribution >= 0.6 is 27.7 Å². The second-order valence-electron chi connectivity index (χ2n) is 4.90. The van der Waals surface area contributed by atoms with Gasteiger partial charge in [-0.25, -0.2) is 9.37 Å². The van der Waals surface area contributed by atoms with Crippen LogP contribution in [0.4, 0.5) is 10.1 Å². The van der Waals surface area contributed by atoms with E-state index >= 15 is 0 Å². The number of nitrogens with one attached hydrogen (secondary N) is 1. The van der Waals surface area contributed by atoms with E-state index in [1.807, 2.05) is 35.9 Å². The molecule has 4 nitrogen and oxygen atoms in total. The molecule has 0 atom stereocenters. The van der Waals surface area contributed by atoms with Gasteiger partial charge < -0.3 is 9.88 Å². The van der Waals surface area contributed by atoms with Gasteiger partial charge in [-0.1, -0.05) is 39.8 Å². The molecule has 1 N–H and O–H groups in total. The summed E-state index contributed by atoms with van der Waals surface area (Å²) in [6, 6.07) is 12.3. The third-order valence-electron chi connectivity index (χ3n) is 3.28. The smallest absolute Gasteiger partial charge is 0.234 e. The van der Waals surface area contributed by atoms with Gasteiger partial charge in [-0.05, 0) is 30.3 Å². The molecule has 7 heteroatoms. The van der Waals surface area contributed by atoms with Crippen molar-refractivity contribution in [3.05, 3.63) is 52.8 Å². The quantitative estimate of drug-likeness (QED) is 0.675. The second kappa shape index (κ2) is 6.72. The molecule has 118 valence electrons. The molecule has 1 aromatic heterocycles. The molecule has 3 aromatic rings. The van der Waals surface area contributed by atoms with Gasteiger partial charge in [0.05, 0.1) is 22.5 Å². The number of rotatable bonds is 4. The number of carbonyl (C=O) groups is 1. The largest absolute Gasteiger partial charge is 0.323 e. The van der Waals surface area contributed by atoms with Crippen LogP contribution < -0.4 is 5.32 Å². The highest BCUT2D eigenvalue weighted by Crippen LogP contribution is 2.23. The second-order valence-corrected chi connectivity index (χ2v) is 6.76. The highest BCUT2D eigenvalue weighted by Gasteiger charge is 2.12. The Hall–Kier alpha value is -1.86. The predicted molar refractivity (Wildman–Crippen MR) is 94.2 cm³/mol. The van der Waals surface area contributed by atoms with Gasteiger partial charge in [-0.15, -0.1) is 0 Å². The summed E-state index contributed by atoms with van der Waals surface area (Å²) in [5.74, 6) is -0.587. The molecule has 0 spiro atoms. The Morgan fingerprint density at radius 3 is 2.87 bits per heavy atom. The lowest BCUT2D eigenvalue weighted by molar-refractivity contribution is -0.113. The summed E-state index contributed by atoms with van der Waals surface area (Å²) in [5, 5.41) is 3.32. The summed E-state index contributed by atoms with van der Waals surface area (Å²) in [6.45, 7) is 0. The van der Waals surface area contributed by atoms with E-state index in [2.05, 4.69) is 26.2 Å². The Balaban J connectivity index is 1.67. The van der Waals surface area contributed by atoms with Crippen LogP contribution in [-0.4, -0.2) is 21.2 Å². The van der Waals surface area contributed by atoms with Gasteiger partial charge in [0.2, 0.25) is 5.91 Å². The van der Waals surface area contributed by atoms with Crippen LogP contribution in [0.5, 0.6) is 0 Å². The van der Waals surface area contributed by atoms with E-state index in [1.54, 1.807) is 6.07 Å². The van der Waals surface area contributed by atoms with Crippen molar-refractivity contribution >= 4 is 50.3 Å². The van der Waals surface area contributed by atoms with Crippen molar-refractivity contribution in [2.75, 3.05) is 11.1 Å². The van der Waals surface area contributed by atoms with Gasteiger partial charge in [-0.2, -0.15) is 0 Å². The zero-order valence-electron chi connectivity index (χ0n) is 12.2. The fourth-order valence-corrected chi connectivity index (χ4v) is 3.28. The molecular weight excluding hydrogens is 381 g/mol. The molecule has 2 aromatic carbocycles. The summed E-state index contributed by atoms with van der Waals surface area (Å²) < 4.78 is 16.3. The number of hydrogen-bond donors (Lipinski definition) is 1. The lowest BCUT2D eigenvalue weighted by atomic mass is 10.3. The third kappa shape index (κ3) is 3.56. The van der Waals surface area contributed by atoms with Gasteiger partial charge in [0.1, 0.15) is 5.82 Å². The van der Waals surface area contributed by atoms with Gasteiger partial charge in [-0.3, -0.25) is 4.79 Å². The number of amides is 1. The molecule has 0 aliphatic carbocycles. The van der Waals surface area contributed by atoms with E-state index in [9.17, 15) is 9.18 Å². The summed E-state index contributed by atoms with van der Waals surface area (Å²) in [4.78, 5) is 16.5. The molecule has 0 fully saturated rings. The summed E-state index contributed by atoms with van der Waals surface area (Å²) >= 11 is 4.50. The molecule has 0 aliphatic heterocycles. The number of imidazole rings is 1. The number of thioether (sulfide) groups is 1. The van der Waals surface area contributed by atoms with E-state index in [4.69, 9.17) is 0 Å². The fourth-order valence-electron chi connectivity index (χ4n) is 2.16. The van der Waals surface area contributed by atoms with Crippen molar-refractivity contribution in [2.45, 2.75) is 5.16 Å². The Kier molecular flexibility index (Phi) is 4.68. The van der Waals surface area contributed by atoms with E-state index < -0.39 is 5.82 Å². The lowest BCUT2D eigenvalue weighted by Crippen LogP contribution is -2.15. The maximum atomic E-state index is 13.7. The van der Waals surface area contributed by atoms with Crippen LogP contribution in [0.25, 0.3) is 11.0 Å². The maximum Gasteiger partial charge on any atom is 0.234 e. The first-order chi connectivity index (χ1) is 11.0. The van der Waals surface area contributed by atoms with Crippen molar-refractivity contribution in [3.8, 4) is 0 Å². The van der Waals surface area contributed by atoms with Crippen molar-refractivity contribution in [2.24, 2.45) is 7.05 Å². The minimum absolute atomic E-state index is 0.159. The molecule has 1 amide bonds. The summed E-state index contributed by atoms with van der Waals surface area (Å²) in [5.41, 5.74) is 2.06. The maximum absolute atomic E-state index is 13.7. The van der Waals surface area contributed by atoms with Gasteiger partial charge >= 0.3 is 0 Å². The number of hydrogen-bond acceptors (Lipinski definition) is 3. The van der Waals surface area contributed by atoms with E-state index in [-0.39, 0.29) is 17.3 Å². The van der Waals surface area contributed by atoms with Crippen molar-refractivity contribution in [1.29, 1.82) is 0 Å². The monoisotopic (exact) mass is 393 g/mol. The first kappa shape index (κ1) is 16.0. The number of carbonyl (C=O) groups excluding carboxylic acids is 1. The molecule has 0 radical (unpaired) electrons. The number of aryl methyl sites for hydroxylation is 1. The summed E-state index contributed by atoms with van der Waals surface area (Å²) in [6.07, 6.45) is 0. The number of para-hydroxylation sites is 2. The Labute approximate surface area is 145 Å². The molecule has 23 heavy (non-hydrogen) atoms. The molecule has 3 rings (SSSR count). The van der Waals surface area contributed by atoms with E-state index in [1.165, 1.54) is 23.9 Å². The van der Waals surface area contributed by atoms with E-state index in [0.717, 1.165) is 16.2 Å². The number of fused-ring (bicyclic) bond motifs is 1. The minimum atomic E-state index is -0.472. The van der Waals surface area contributed by atoms with Crippen LogP contribution in [0, 0.1) is 5.82 Å². The van der Waals surface area contributed by atoms with Crippen molar-refractivity contribution < 1.29 is 9.18 Å². The fraction of sp³-hybridized carbons (Fsp3) is 0.125. The average Bonchev–Trinajstić information content (AvgIpc) is 2.85. The molecule has 0 aliphatic rings. The topological polar surface area (TPSA) is 46.9 Å². The first-order valence-corrected chi connectivity index (χ1v) is 8.61. The molecule has 0 saturated heterocycles. The number of aromatic nitrogens is 2. The SMILES string of the molecule is Cn1c(SCC(=O)Nc2ccc(Br)cc2F)nc2ccccc21.